The van der Waals surface area contributed by atoms with Gasteiger partial charge in [0.1, 0.15) is 0 Å². The van der Waals surface area contributed by atoms with E-state index in [4.69, 9.17) is 0 Å². The molecule has 2 aliphatic carbocycles. The molecule has 0 unspecified atom stereocenters. The molecule has 0 radical (unpaired) electrons. The molecule has 0 aliphatic heterocycles. The van der Waals surface area contributed by atoms with Gasteiger partial charge in [-0.2, -0.15) is 5.10 Å². The van der Waals surface area contributed by atoms with Crippen molar-refractivity contribution in [2.24, 2.45) is 5.10 Å². The van der Waals surface area contributed by atoms with Crippen LogP contribution >= 0.6 is 0 Å². The summed E-state index contributed by atoms with van der Waals surface area (Å²) >= 11 is 0. The minimum atomic E-state index is -0.639. The number of amides is 2. The fraction of sp³-hybridized carbons (Fsp3) is 0.769. The molecule has 0 aromatic heterocycles. The maximum absolute atomic E-state index is 11.6. The zero-order valence-electron chi connectivity index (χ0n) is 10.7. The number of nitrogens with one attached hydrogen (secondary N) is 2. The summed E-state index contributed by atoms with van der Waals surface area (Å²) in [7, 11) is 0. The van der Waals surface area contributed by atoms with E-state index in [1.807, 2.05) is 0 Å². The van der Waals surface area contributed by atoms with Crippen molar-refractivity contribution in [3.63, 3.8) is 0 Å². The zero-order chi connectivity index (χ0) is 12.8. The number of rotatable bonds is 2. The van der Waals surface area contributed by atoms with Crippen molar-refractivity contribution in [1.82, 2.24) is 10.7 Å². The lowest BCUT2D eigenvalue weighted by molar-refractivity contribution is -0.139. The number of carbonyl (C=O) groups excluding carboxylic acids is 2. The number of hydrogen-bond acceptors (Lipinski definition) is 3. The molecular weight excluding hydrogens is 230 g/mol. The quantitative estimate of drug-likeness (QED) is 0.576. The Morgan fingerprint density at radius 2 is 1.61 bits per heavy atom. The van der Waals surface area contributed by atoms with Crippen molar-refractivity contribution in [2.45, 2.75) is 63.8 Å². The highest BCUT2D eigenvalue weighted by Crippen LogP contribution is 2.17. The minimum absolute atomic E-state index is 0.163. The third-order valence-electron chi connectivity index (χ3n) is 3.64. The fourth-order valence-electron chi connectivity index (χ4n) is 2.57. The molecule has 0 bridgehead atoms. The fourth-order valence-corrected chi connectivity index (χ4v) is 2.57. The summed E-state index contributed by atoms with van der Waals surface area (Å²) in [6, 6.07) is 0.163. The Morgan fingerprint density at radius 3 is 2.28 bits per heavy atom. The van der Waals surface area contributed by atoms with Crippen LogP contribution in [0.2, 0.25) is 0 Å². The Balaban J connectivity index is 1.73. The average molecular weight is 251 g/mol. The molecule has 2 amide bonds. The molecule has 2 rings (SSSR count). The molecule has 100 valence electrons. The van der Waals surface area contributed by atoms with Crippen molar-refractivity contribution in [3.05, 3.63) is 0 Å². The molecule has 2 fully saturated rings. The largest absolute Gasteiger partial charge is 0.345 e. The van der Waals surface area contributed by atoms with Crippen LogP contribution in [0.25, 0.3) is 0 Å². The van der Waals surface area contributed by atoms with Crippen LogP contribution < -0.4 is 10.7 Å². The second kappa shape index (κ2) is 6.52. The van der Waals surface area contributed by atoms with Gasteiger partial charge in [0.15, 0.2) is 0 Å². The molecule has 2 saturated carbocycles. The Labute approximate surface area is 107 Å². The van der Waals surface area contributed by atoms with Crippen LogP contribution in [0, 0.1) is 0 Å². The lowest BCUT2D eigenvalue weighted by Crippen LogP contribution is -2.44. The van der Waals surface area contributed by atoms with E-state index in [1.165, 1.54) is 6.42 Å². The van der Waals surface area contributed by atoms with E-state index in [-0.39, 0.29) is 6.04 Å². The maximum Gasteiger partial charge on any atom is 0.329 e. The van der Waals surface area contributed by atoms with Crippen LogP contribution in [0.4, 0.5) is 0 Å². The maximum atomic E-state index is 11.6. The van der Waals surface area contributed by atoms with Gasteiger partial charge >= 0.3 is 11.8 Å². The van der Waals surface area contributed by atoms with Crippen molar-refractivity contribution in [3.8, 4) is 0 Å². The summed E-state index contributed by atoms with van der Waals surface area (Å²) in [5.41, 5.74) is 3.35. The molecule has 0 saturated heterocycles. The van der Waals surface area contributed by atoms with Gasteiger partial charge in [-0.15, -0.1) is 0 Å². The highest BCUT2D eigenvalue weighted by Gasteiger charge is 2.20. The van der Waals surface area contributed by atoms with Gasteiger partial charge in [-0.1, -0.05) is 19.3 Å². The third kappa shape index (κ3) is 3.82. The summed E-state index contributed by atoms with van der Waals surface area (Å²) in [6.07, 6.45) is 9.58. The van der Waals surface area contributed by atoms with Crippen LogP contribution in [0.5, 0.6) is 0 Å². The van der Waals surface area contributed by atoms with E-state index in [0.29, 0.717) is 0 Å². The van der Waals surface area contributed by atoms with Crippen molar-refractivity contribution < 1.29 is 9.59 Å². The molecule has 2 aliphatic rings. The standard InChI is InChI=1S/C13H21N3O2/c17-12(14-10-6-2-1-3-7-10)13(18)16-15-11-8-4-5-9-11/h10H,1-9H2,(H,14,17)(H,16,18). The van der Waals surface area contributed by atoms with Crippen molar-refractivity contribution >= 4 is 17.5 Å². The summed E-state index contributed by atoms with van der Waals surface area (Å²) in [6.45, 7) is 0. The van der Waals surface area contributed by atoms with Crippen LogP contribution in [-0.2, 0) is 9.59 Å². The molecule has 0 atom stereocenters. The second-order valence-electron chi connectivity index (χ2n) is 5.13. The highest BCUT2D eigenvalue weighted by molar-refractivity contribution is 6.35. The molecule has 0 aromatic carbocycles. The molecule has 0 spiro atoms. The topological polar surface area (TPSA) is 70.6 Å². The number of nitrogens with zero attached hydrogens (tertiary/aromatic N) is 1. The Morgan fingerprint density at radius 1 is 0.944 bits per heavy atom. The molecule has 5 nitrogen and oxygen atoms in total. The molecule has 5 heteroatoms. The van der Waals surface area contributed by atoms with E-state index >= 15 is 0 Å². The van der Waals surface area contributed by atoms with E-state index in [0.717, 1.165) is 57.1 Å². The van der Waals surface area contributed by atoms with Gasteiger partial charge in [0.05, 0.1) is 0 Å². The number of hydrazone groups is 1. The van der Waals surface area contributed by atoms with Crippen LogP contribution in [0.15, 0.2) is 5.10 Å². The Kier molecular flexibility index (Phi) is 4.73. The third-order valence-corrected chi connectivity index (χ3v) is 3.64. The molecule has 0 heterocycles. The molecule has 0 aromatic rings. The van der Waals surface area contributed by atoms with Crippen LogP contribution in [0.3, 0.4) is 0 Å². The first-order valence-corrected chi connectivity index (χ1v) is 6.92. The summed E-state index contributed by atoms with van der Waals surface area (Å²) in [5.74, 6) is -1.19. The van der Waals surface area contributed by atoms with Crippen molar-refractivity contribution in [2.75, 3.05) is 0 Å². The molecule has 18 heavy (non-hydrogen) atoms. The van der Waals surface area contributed by atoms with Crippen LogP contribution in [-0.4, -0.2) is 23.6 Å². The number of hydrogen-bond donors (Lipinski definition) is 2. The Bertz CT molecular complexity index is 338. The lowest BCUT2D eigenvalue weighted by Gasteiger charge is -2.22. The molecule has 2 N–H and O–H groups in total. The normalized spacial score (nSPS) is 20.6. The van der Waals surface area contributed by atoms with Gasteiger partial charge in [0.25, 0.3) is 0 Å². The summed E-state index contributed by atoms with van der Waals surface area (Å²) in [4.78, 5) is 23.2. The Hall–Kier alpha value is -1.39. The minimum Gasteiger partial charge on any atom is -0.345 e. The first-order valence-electron chi connectivity index (χ1n) is 6.92. The van der Waals surface area contributed by atoms with E-state index in [9.17, 15) is 9.59 Å². The summed E-state index contributed by atoms with van der Waals surface area (Å²) < 4.78 is 0. The lowest BCUT2D eigenvalue weighted by atomic mass is 9.95. The van der Waals surface area contributed by atoms with Gasteiger partial charge in [0.2, 0.25) is 0 Å². The van der Waals surface area contributed by atoms with Gasteiger partial charge in [-0.3, -0.25) is 9.59 Å². The van der Waals surface area contributed by atoms with Gasteiger partial charge in [-0.25, -0.2) is 5.43 Å². The highest BCUT2D eigenvalue weighted by atomic mass is 16.2. The van der Waals surface area contributed by atoms with E-state index in [2.05, 4.69) is 15.8 Å². The predicted molar refractivity (Wildman–Crippen MR) is 69.1 cm³/mol. The SMILES string of the molecule is O=C(NN=C1CCCC1)C(=O)NC1CCCCC1. The summed E-state index contributed by atoms with van der Waals surface area (Å²) in [5, 5.41) is 6.77. The first-order chi connectivity index (χ1) is 8.75. The van der Waals surface area contributed by atoms with Crippen LogP contribution in [0.1, 0.15) is 57.8 Å². The molecular formula is C13H21N3O2. The predicted octanol–water partition coefficient (Wildman–Crippen LogP) is 1.48. The average Bonchev–Trinajstić information content (AvgIpc) is 2.90. The van der Waals surface area contributed by atoms with Gasteiger partial charge < -0.3 is 5.32 Å². The van der Waals surface area contributed by atoms with E-state index in [1.54, 1.807) is 0 Å². The zero-order valence-corrected chi connectivity index (χ0v) is 10.7. The van der Waals surface area contributed by atoms with E-state index < -0.39 is 11.8 Å². The first kappa shape index (κ1) is 13.1. The second-order valence-corrected chi connectivity index (χ2v) is 5.13. The van der Waals surface area contributed by atoms with Gasteiger partial charge in [0, 0.05) is 11.8 Å². The number of carbonyl (C=O) groups is 2. The van der Waals surface area contributed by atoms with Gasteiger partial charge in [-0.05, 0) is 38.5 Å². The van der Waals surface area contributed by atoms with Crippen molar-refractivity contribution in [1.29, 1.82) is 0 Å². The smallest absolute Gasteiger partial charge is 0.329 e. The monoisotopic (exact) mass is 251 g/mol.